The zero-order valence-corrected chi connectivity index (χ0v) is 7.20. The highest BCUT2D eigenvalue weighted by Crippen LogP contribution is 2.16. The lowest BCUT2D eigenvalue weighted by molar-refractivity contribution is 0.861. The van der Waals surface area contributed by atoms with E-state index in [0.29, 0.717) is 5.92 Å². The lowest BCUT2D eigenvalue weighted by Gasteiger charge is -2.02. The number of nitrogens with zero attached hydrogens (tertiary/aromatic N) is 2. The number of pyridine rings is 1. The number of nitrogens with one attached hydrogen (secondary N) is 1. The van der Waals surface area contributed by atoms with Gasteiger partial charge in [-0.1, -0.05) is 13.8 Å². The summed E-state index contributed by atoms with van der Waals surface area (Å²) < 4.78 is 0. The van der Waals surface area contributed by atoms with Crippen LogP contribution < -0.4 is 0 Å². The van der Waals surface area contributed by atoms with E-state index in [1.54, 1.807) is 6.33 Å². The van der Waals surface area contributed by atoms with Gasteiger partial charge >= 0.3 is 0 Å². The molecule has 64 valence electrons. The Morgan fingerprint density at radius 3 is 3.00 bits per heavy atom. The normalized spacial score (nSPS) is 11.2. The summed E-state index contributed by atoms with van der Waals surface area (Å²) in [5, 5.41) is 0. The van der Waals surface area contributed by atoms with E-state index >= 15 is 0 Å². The van der Waals surface area contributed by atoms with Crippen LogP contribution in [0, 0.1) is 0 Å². The van der Waals surface area contributed by atoms with Crippen LogP contribution in [0.2, 0.25) is 0 Å². The van der Waals surface area contributed by atoms with Crippen LogP contribution in [0.25, 0.3) is 11.2 Å². The van der Waals surface area contributed by atoms with Crippen molar-refractivity contribution in [3.05, 3.63) is 24.2 Å². The van der Waals surface area contributed by atoms with Gasteiger partial charge < -0.3 is 4.98 Å². The number of aromatic nitrogens is 3. The molecule has 0 bridgehead atoms. The predicted octanol–water partition coefficient (Wildman–Crippen LogP) is 2.33. The first kappa shape index (κ1) is 7.28. The second-order valence-electron chi connectivity index (χ2n) is 3.20. The minimum absolute atomic E-state index is 0. The Balaban J connectivity index is 0.000000845. The third-order valence-corrected chi connectivity index (χ3v) is 1.96. The number of aromatic amines is 1. The second-order valence-corrected chi connectivity index (χ2v) is 3.20. The molecule has 0 unspecified atom stereocenters. The summed E-state index contributed by atoms with van der Waals surface area (Å²) in [7, 11) is 0. The van der Waals surface area contributed by atoms with Gasteiger partial charge in [-0.3, -0.25) is 0 Å². The molecule has 0 atom stereocenters. The second kappa shape index (κ2) is 2.59. The summed E-state index contributed by atoms with van der Waals surface area (Å²) in [6, 6.07) is 2.10. The number of H-pyrrole nitrogens is 1. The molecule has 0 saturated carbocycles. The van der Waals surface area contributed by atoms with Gasteiger partial charge in [-0.05, 0) is 17.5 Å². The molecule has 12 heavy (non-hydrogen) atoms. The van der Waals surface area contributed by atoms with Gasteiger partial charge in [0.05, 0.1) is 11.8 Å². The fourth-order valence-corrected chi connectivity index (χ4v) is 1.16. The van der Waals surface area contributed by atoms with Gasteiger partial charge in [0.15, 0.2) is 5.65 Å². The molecule has 2 heterocycles. The molecular weight excluding hydrogens is 150 g/mol. The molecule has 0 aliphatic carbocycles. The highest BCUT2D eigenvalue weighted by molar-refractivity contribution is 5.70. The monoisotopic (exact) mass is 163 g/mol. The van der Waals surface area contributed by atoms with E-state index in [2.05, 4.69) is 34.9 Å². The van der Waals surface area contributed by atoms with Crippen molar-refractivity contribution in [2.24, 2.45) is 0 Å². The number of rotatable bonds is 1. The molecule has 2 aromatic rings. The van der Waals surface area contributed by atoms with Crippen LogP contribution in [0.15, 0.2) is 18.6 Å². The van der Waals surface area contributed by atoms with Gasteiger partial charge in [0.1, 0.15) is 0 Å². The molecule has 0 radical (unpaired) electrons. The minimum Gasteiger partial charge on any atom is -0.343 e. The van der Waals surface area contributed by atoms with Crippen molar-refractivity contribution in [2.75, 3.05) is 0 Å². The molecule has 2 rings (SSSR count). The summed E-state index contributed by atoms with van der Waals surface area (Å²) in [4.78, 5) is 11.3. The smallest absolute Gasteiger partial charge is 0.177 e. The van der Waals surface area contributed by atoms with Gasteiger partial charge in [-0.25, -0.2) is 9.97 Å². The van der Waals surface area contributed by atoms with Crippen molar-refractivity contribution >= 4 is 11.2 Å². The van der Waals surface area contributed by atoms with Crippen LogP contribution in [0.4, 0.5) is 0 Å². The number of fused-ring (bicyclic) bond motifs is 1. The lowest BCUT2D eigenvalue weighted by Crippen LogP contribution is -1.88. The Kier molecular flexibility index (Phi) is 1.57. The molecule has 0 fully saturated rings. The predicted molar refractivity (Wildman–Crippen MR) is 50.1 cm³/mol. The Morgan fingerprint density at radius 2 is 2.25 bits per heavy atom. The maximum atomic E-state index is 4.22. The number of hydrogen-bond donors (Lipinski definition) is 1. The van der Waals surface area contributed by atoms with E-state index in [4.69, 9.17) is 0 Å². The first-order valence-electron chi connectivity index (χ1n) is 4.06. The molecule has 0 amide bonds. The van der Waals surface area contributed by atoms with Crippen molar-refractivity contribution in [2.45, 2.75) is 19.8 Å². The van der Waals surface area contributed by atoms with E-state index in [1.165, 1.54) is 5.56 Å². The van der Waals surface area contributed by atoms with Gasteiger partial charge in [0.25, 0.3) is 0 Å². The van der Waals surface area contributed by atoms with Crippen molar-refractivity contribution in [1.29, 1.82) is 0 Å². The van der Waals surface area contributed by atoms with E-state index in [1.807, 2.05) is 6.20 Å². The Bertz CT molecular complexity index is 394. The van der Waals surface area contributed by atoms with Crippen LogP contribution >= 0.6 is 0 Å². The van der Waals surface area contributed by atoms with E-state index in [-0.39, 0.29) is 1.43 Å². The summed E-state index contributed by atoms with van der Waals surface area (Å²) in [5.41, 5.74) is 3.05. The Labute approximate surface area is 72.3 Å². The fourth-order valence-electron chi connectivity index (χ4n) is 1.16. The molecule has 3 heteroatoms. The fraction of sp³-hybridized carbons (Fsp3) is 0.333. The molecule has 2 aromatic heterocycles. The van der Waals surface area contributed by atoms with Gasteiger partial charge in [0.2, 0.25) is 0 Å². The largest absolute Gasteiger partial charge is 0.343 e. The molecule has 3 nitrogen and oxygen atoms in total. The summed E-state index contributed by atoms with van der Waals surface area (Å²) in [5.74, 6) is 0.519. The van der Waals surface area contributed by atoms with Crippen LogP contribution in [-0.4, -0.2) is 15.0 Å². The van der Waals surface area contributed by atoms with Crippen molar-refractivity contribution in [3.63, 3.8) is 0 Å². The van der Waals surface area contributed by atoms with Crippen LogP contribution in [0.3, 0.4) is 0 Å². The van der Waals surface area contributed by atoms with Crippen LogP contribution in [0.5, 0.6) is 0 Å². The Hall–Kier alpha value is -1.38. The molecule has 0 spiro atoms. The average molecular weight is 163 g/mol. The Morgan fingerprint density at radius 1 is 1.42 bits per heavy atom. The van der Waals surface area contributed by atoms with E-state index < -0.39 is 0 Å². The molecular formula is C9H13N3. The van der Waals surface area contributed by atoms with Crippen molar-refractivity contribution in [3.8, 4) is 0 Å². The van der Waals surface area contributed by atoms with Crippen LogP contribution in [-0.2, 0) is 0 Å². The SMILES string of the molecule is CC(C)c1cnc2nc[nH]c2c1.[HH]. The third kappa shape index (κ3) is 1.07. The lowest BCUT2D eigenvalue weighted by atomic mass is 10.1. The van der Waals surface area contributed by atoms with Crippen molar-refractivity contribution in [1.82, 2.24) is 15.0 Å². The van der Waals surface area contributed by atoms with E-state index in [9.17, 15) is 0 Å². The van der Waals surface area contributed by atoms with E-state index in [0.717, 1.165) is 11.2 Å². The summed E-state index contributed by atoms with van der Waals surface area (Å²) in [6.07, 6.45) is 3.55. The summed E-state index contributed by atoms with van der Waals surface area (Å²) >= 11 is 0. The third-order valence-electron chi connectivity index (χ3n) is 1.96. The first-order valence-corrected chi connectivity index (χ1v) is 4.06. The summed E-state index contributed by atoms with van der Waals surface area (Å²) in [6.45, 7) is 4.30. The minimum atomic E-state index is 0. The zero-order valence-electron chi connectivity index (χ0n) is 7.20. The van der Waals surface area contributed by atoms with Gasteiger partial charge in [-0.2, -0.15) is 0 Å². The maximum absolute atomic E-state index is 4.22. The topological polar surface area (TPSA) is 41.6 Å². The molecule has 0 saturated heterocycles. The highest BCUT2D eigenvalue weighted by atomic mass is 14.9. The number of imidazole rings is 1. The molecule has 0 aliphatic heterocycles. The quantitative estimate of drug-likeness (QED) is 0.701. The maximum Gasteiger partial charge on any atom is 0.177 e. The van der Waals surface area contributed by atoms with Gasteiger partial charge in [0, 0.05) is 7.62 Å². The zero-order chi connectivity index (χ0) is 8.55. The highest BCUT2D eigenvalue weighted by Gasteiger charge is 2.02. The standard InChI is InChI=1S/C9H11N3.H2/c1-6(2)7-3-8-9(10-4-7)12-5-11-8;/h3-6H,1-2H3,(H,10,11,12);1H. The van der Waals surface area contributed by atoms with Crippen LogP contribution in [0.1, 0.15) is 26.8 Å². The molecule has 1 N–H and O–H groups in total. The number of hydrogen-bond acceptors (Lipinski definition) is 2. The van der Waals surface area contributed by atoms with Crippen molar-refractivity contribution < 1.29 is 1.43 Å². The average Bonchev–Trinajstić information content (AvgIpc) is 2.49. The first-order chi connectivity index (χ1) is 5.77. The molecule has 0 aromatic carbocycles. The van der Waals surface area contributed by atoms with Gasteiger partial charge in [-0.15, -0.1) is 0 Å². The molecule has 0 aliphatic rings.